The summed E-state index contributed by atoms with van der Waals surface area (Å²) in [6, 6.07) is 20.7. The van der Waals surface area contributed by atoms with Gasteiger partial charge in [0.15, 0.2) is 0 Å². The average Bonchev–Trinajstić information content (AvgIpc) is 3.65. The third-order valence-electron chi connectivity index (χ3n) is 7.59. The van der Waals surface area contributed by atoms with E-state index >= 15 is 0 Å². The zero-order chi connectivity index (χ0) is 26.8. The van der Waals surface area contributed by atoms with Crippen LogP contribution >= 0.6 is 0 Å². The highest BCUT2D eigenvalue weighted by atomic mass is 16.5. The number of ether oxygens (including phenoxy) is 2. The summed E-state index contributed by atoms with van der Waals surface area (Å²) in [7, 11) is 0. The Morgan fingerprint density at radius 3 is 2.67 bits per heavy atom. The standard InChI is InChI=1S/C31H31N5O3/c1-2-30(37)36-12-10-25(20-36)39-29-8-5-22(17-23(29)19-32)26-9-11-33-31-27(26)18-28(34-31)21-3-6-24(7-4-21)35-13-15-38-16-14-35/h3-9,11,17-18,25H,2,10,12-16,20H2,1H3,(H,33,34)/t25-/m1/s1. The third kappa shape index (κ3) is 5.06. The number of hydrogen-bond donors (Lipinski definition) is 1. The van der Waals surface area contributed by atoms with Gasteiger partial charge in [0, 0.05) is 55.4 Å². The molecule has 4 aromatic rings. The number of carbonyl (C=O) groups is 1. The van der Waals surface area contributed by atoms with E-state index in [2.05, 4.69) is 51.3 Å². The lowest BCUT2D eigenvalue weighted by molar-refractivity contribution is -0.130. The van der Waals surface area contributed by atoms with Crippen molar-refractivity contribution in [2.24, 2.45) is 0 Å². The number of hydrogen-bond acceptors (Lipinski definition) is 6. The number of nitriles is 1. The van der Waals surface area contributed by atoms with Gasteiger partial charge in [0.05, 0.1) is 25.3 Å². The van der Waals surface area contributed by atoms with Crippen LogP contribution in [0.2, 0.25) is 0 Å². The van der Waals surface area contributed by atoms with Crippen molar-refractivity contribution in [1.82, 2.24) is 14.9 Å². The molecule has 0 radical (unpaired) electrons. The highest BCUT2D eigenvalue weighted by Gasteiger charge is 2.27. The maximum atomic E-state index is 12.0. The fourth-order valence-electron chi connectivity index (χ4n) is 5.45. The molecule has 0 saturated carbocycles. The number of nitrogens with one attached hydrogen (secondary N) is 1. The predicted octanol–water partition coefficient (Wildman–Crippen LogP) is 4.99. The van der Waals surface area contributed by atoms with E-state index in [-0.39, 0.29) is 12.0 Å². The first kappa shape index (κ1) is 25.0. The first-order valence-electron chi connectivity index (χ1n) is 13.5. The molecule has 2 aromatic carbocycles. The van der Waals surface area contributed by atoms with Gasteiger partial charge in [-0.3, -0.25) is 4.79 Å². The average molecular weight is 522 g/mol. The fraction of sp³-hybridized carbons (Fsp3) is 0.323. The van der Waals surface area contributed by atoms with Gasteiger partial charge in [-0.25, -0.2) is 4.98 Å². The number of aromatic nitrogens is 2. The molecule has 1 atom stereocenters. The monoisotopic (exact) mass is 521 g/mol. The maximum Gasteiger partial charge on any atom is 0.222 e. The van der Waals surface area contributed by atoms with E-state index < -0.39 is 0 Å². The number of carbonyl (C=O) groups excluding carboxylic acids is 1. The first-order valence-corrected chi connectivity index (χ1v) is 13.5. The maximum absolute atomic E-state index is 12.0. The van der Waals surface area contributed by atoms with Crippen molar-refractivity contribution in [2.45, 2.75) is 25.9 Å². The van der Waals surface area contributed by atoms with Crippen LogP contribution in [0.25, 0.3) is 33.4 Å². The molecule has 198 valence electrons. The van der Waals surface area contributed by atoms with E-state index in [1.165, 1.54) is 5.69 Å². The molecular formula is C31H31N5O3. The normalized spacial score (nSPS) is 17.4. The van der Waals surface area contributed by atoms with E-state index in [9.17, 15) is 10.1 Å². The summed E-state index contributed by atoms with van der Waals surface area (Å²) < 4.78 is 11.6. The zero-order valence-electron chi connectivity index (χ0n) is 22.0. The molecule has 8 heteroatoms. The van der Waals surface area contributed by atoms with Gasteiger partial charge < -0.3 is 24.3 Å². The number of rotatable bonds is 6. The highest BCUT2D eigenvalue weighted by molar-refractivity contribution is 5.96. The number of nitrogens with zero attached hydrogens (tertiary/aromatic N) is 4. The van der Waals surface area contributed by atoms with Gasteiger partial charge in [0.25, 0.3) is 0 Å². The van der Waals surface area contributed by atoms with Crippen molar-refractivity contribution in [3.63, 3.8) is 0 Å². The molecule has 2 saturated heterocycles. The van der Waals surface area contributed by atoms with E-state index in [0.717, 1.165) is 66.1 Å². The molecule has 0 spiro atoms. The van der Waals surface area contributed by atoms with Crippen molar-refractivity contribution in [1.29, 1.82) is 5.26 Å². The van der Waals surface area contributed by atoms with Gasteiger partial charge in [-0.05, 0) is 53.1 Å². The van der Waals surface area contributed by atoms with Crippen LogP contribution in [0.4, 0.5) is 5.69 Å². The summed E-state index contributed by atoms with van der Waals surface area (Å²) in [6.07, 6.45) is 2.94. The highest BCUT2D eigenvalue weighted by Crippen LogP contribution is 2.34. The second kappa shape index (κ2) is 10.8. The van der Waals surface area contributed by atoms with Crippen LogP contribution in [0.15, 0.2) is 60.8 Å². The number of amides is 1. The smallest absolute Gasteiger partial charge is 0.222 e. The van der Waals surface area contributed by atoms with Crippen LogP contribution in [0.5, 0.6) is 5.75 Å². The third-order valence-corrected chi connectivity index (χ3v) is 7.59. The number of H-pyrrole nitrogens is 1. The van der Waals surface area contributed by atoms with Crippen molar-refractivity contribution in [3.8, 4) is 34.2 Å². The summed E-state index contributed by atoms with van der Waals surface area (Å²) in [5, 5.41) is 10.9. The number of pyridine rings is 1. The van der Waals surface area contributed by atoms with Gasteiger partial charge in [-0.1, -0.05) is 25.1 Å². The van der Waals surface area contributed by atoms with Crippen LogP contribution in [0.1, 0.15) is 25.3 Å². The summed E-state index contributed by atoms with van der Waals surface area (Å²) >= 11 is 0. The molecule has 2 aliphatic heterocycles. The van der Waals surface area contributed by atoms with Crippen LogP contribution in [-0.4, -0.2) is 66.3 Å². The number of likely N-dealkylation sites (tertiary alicyclic amines) is 1. The van der Waals surface area contributed by atoms with Crippen LogP contribution < -0.4 is 9.64 Å². The summed E-state index contributed by atoms with van der Waals surface area (Å²) in [6.45, 7) is 6.46. The Balaban J connectivity index is 1.24. The fourth-order valence-corrected chi connectivity index (χ4v) is 5.45. The molecule has 2 fully saturated rings. The van der Waals surface area contributed by atoms with Gasteiger partial charge in [0.1, 0.15) is 23.6 Å². The number of anilines is 1. The zero-order valence-corrected chi connectivity index (χ0v) is 22.0. The minimum atomic E-state index is -0.104. The summed E-state index contributed by atoms with van der Waals surface area (Å²) in [5.74, 6) is 0.690. The van der Waals surface area contributed by atoms with Crippen LogP contribution in [-0.2, 0) is 9.53 Å². The molecule has 1 amide bonds. The Bertz CT molecular complexity index is 1530. The minimum Gasteiger partial charge on any atom is -0.487 e. The van der Waals surface area contributed by atoms with Gasteiger partial charge in [-0.15, -0.1) is 0 Å². The van der Waals surface area contributed by atoms with Crippen molar-refractivity contribution < 1.29 is 14.3 Å². The van der Waals surface area contributed by atoms with Crippen molar-refractivity contribution in [3.05, 3.63) is 66.4 Å². The van der Waals surface area contributed by atoms with Crippen molar-refractivity contribution >= 4 is 22.6 Å². The summed E-state index contributed by atoms with van der Waals surface area (Å²) in [5.41, 5.74) is 6.48. The van der Waals surface area contributed by atoms with Crippen molar-refractivity contribution in [2.75, 3.05) is 44.3 Å². The van der Waals surface area contributed by atoms with Crippen LogP contribution in [0.3, 0.4) is 0 Å². The Morgan fingerprint density at radius 2 is 1.90 bits per heavy atom. The lowest BCUT2D eigenvalue weighted by Crippen LogP contribution is -2.36. The Labute approximate surface area is 227 Å². The molecule has 0 unspecified atom stereocenters. The lowest BCUT2D eigenvalue weighted by Gasteiger charge is -2.28. The van der Waals surface area contributed by atoms with Gasteiger partial charge >= 0.3 is 0 Å². The number of morpholine rings is 1. The van der Waals surface area contributed by atoms with Gasteiger partial charge in [-0.2, -0.15) is 5.26 Å². The topological polar surface area (TPSA) is 94.5 Å². The number of fused-ring (bicyclic) bond motifs is 1. The second-order valence-corrected chi connectivity index (χ2v) is 9.99. The number of aromatic amines is 1. The molecule has 0 aliphatic carbocycles. The van der Waals surface area contributed by atoms with Gasteiger partial charge in [0.2, 0.25) is 5.91 Å². The quantitative estimate of drug-likeness (QED) is 0.384. The van der Waals surface area contributed by atoms with Crippen LogP contribution in [0, 0.1) is 11.3 Å². The first-order chi connectivity index (χ1) is 19.1. The molecule has 8 nitrogen and oxygen atoms in total. The Morgan fingerprint density at radius 1 is 1.10 bits per heavy atom. The van der Waals surface area contributed by atoms with E-state index in [4.69, 9.17) is 9.47 Å². The number of benzene rings is 2. The SMILES string of the molecule is CCC(=O)N1CC[C@@H](Oc2ccc(-c3ccnc4[nH]c(-c5ccc(N6CCOCC6)cc5)cc34)cc2C#N)C1. The molecule has 1 N–H and O–H groups in total. The Hall–Kier alpha value is -4.35. The molecule has 6 rings (SSSR count). The molecule has 0 bridgehead atoms. The van der Waals surface area contributed by atoms with E-state index in [0.29, 0.717) is 30.8 Å². The van der Waals surface area contributed by atoms with E-state index in [1.54, 1.807) is 6.20 Å². The molecule has 2 aromatic heterocycles. The van der Waals surface area contributed by atoms with E-state index in [1.807, 2.05) is 36.1 Å². The second-order valence-electron chi connectivity index (χ2n) is 9.99. The molecule has 2 aliphatic rings. The molecular weight excluding hydrogens is 490 g/mol. The summed E-state index contributed by atoms with van der Waals surface area (Å²) in [4.78, 5) is 24.2. The minimum absolute atomic E-state index is 0.104. The Kier molecular flexibility index (Phi) is 6.91. The molecule has 39 heavy (non-hydrogen) atoms. The predicted molar refractivity (Wildman–Crippen MR) is 151 cm³/mol. The molecule has 4 heterocycles. The lowest BCUT2D eigenvalue weighted by atomic mass is 10.0. The largest absolute Gasteiger partial charge is 0.487 e.